The summed E-state index contributed by atoms with van der Waals surface area (Å²) in [6.45, 7) is 3.97. The third-order valence-electron chi connectivity index (χ3n) is 10.1. The maximum Gasteiger partial charge on any atom is 0.340 e. The van der Waals surface area contributed by atoms with Gasteiger partial charge in [0.2, 0.25) is 0 Å². The molecule has 6 aromatic rings. The van der Waals surface area contributed by atoms with Crippen LogP contribution >= 0.6 is 0 Å². The fourth-order valence-corrected chi connectivity index (χ4v) is 7.47. The summed E-state index contributed by atoms with van der Waals surface area (Å²) >= 11 is 0. The summed E-state index contributed by atoms with van der Waals surface area (Å²) in [5.74, 6) is 2.43. The number of esters is 2. The zero-order valence-electron chi connectivity index (χ0n) is 31.0. The Hall–Kier alpha value is -6.54. The minimum Gasteiger partial charge on any atom is -0.497 e. The summed E-state index contributed by atoms with van der Waals surface area (Å²) in [7, 11) is 6.54. The van der Waals surface area contributed by atoms with Gasteiger partial charge in [0.25, 0.3) is 0 Å². The van der Waals surface area contributed by atoms with E-state index in [0.29, 0.717) is 11.1 Å². The zero-order chi connectivity index (χ0) is 38.0. The van der Waals surface area contributed by atoms with E-state index in [4.69, 9.17) is 28.4 Å². The highest BCUT2D eigenvalue weighted by Gasteiger charge is 2.49. The largest absolute Gasteiger partial charge is 0.497 e. The summed E-state index contributed by atoms with van der Waals surface area (Å²) in [5, 5.41) is 0. The van der Waals surface area contributed by atoms with Crippen molar-refractivity contribution in [3.05, 3.63) is 189 Å². The fraction of sp³-hybridized carbons (Fsp3) is 0.174. The normalized spacial score (nSPS) is 14.4. The van der Waals surface area contributed by atoms with Gasteiger partial charge in [-0.2, -0.15) is 0 Å². The molecule has 0 spiro atoms. The Kier molecular flexibility index (Phi) is 9.60. The van der Waals surface area contributed by atoms with Crippen LogP contribution in [0.1, 0.15) is 65.2 Å². The molecule has 0 bridgehead atoms. The molecule has 0 saturated carbocycles. The maximum atomic E-state index is 12.8. The van der Waals surface area contributed by atoms with Crippen molar-refractivity contribution in [3.8, 4) is 23.0 Å². The van der Waals surface area contributed by atoms with Crippen molar-refractivity contribution in [2.75, 3.05) is 28.4 Å². The van der Waals surface area contributed by atoms with E-state index in [1.165, 1.54) is 0 Å². The molecule has 0 atom stereocenters. The molecule has 2 heterocycles. The summed E-state index contributed by atoms with van der Waals surface area (Å²) in [5.41, 5.74) is 6.28. The molecule has 0 radical (unpaired) electrons. The van der Waals surface area contributed by atoms with Crippen molar-refractivity contribution in [2.24, 2.45) is 0 Å². The van der Waals surface area contributed by atoms with Gasteiger partial charge in [0.15, 0.2) is 11.2 Å². The second-order valence-corrected chi connectivity index (χ2v) is 13.1. The third-order valence-corrected chi connectivity index (χ3v) is 10.1. The van der Waals surface area contributed by atoms with E-state index in [1.54, 1.807) is 34.5 Å². The highest BCUT2D eigenvalue weighted by molar-refractivity contribution is 5.97. The van der Waals surface area contributed by atoms with Crippen LogP contribution < -0.4 is 18.9 Å². The van der Waals surface area contributed by atoms with Crippen molar-refractivity contribution in [1.82, 2.24) is 0 Å². The van der Waals surface area contributed by atoms with Crippen molar-refractivity contribution in [2.45, 2.75) is 25.0 Å². The van der Waals surface area contributed by atoms with Crippen LogP contribution in [-0.2, 0) is 20.7 Å². The molecule has 0 saturated heterocycles. The highest BCUT2D eigenvalue weighted by Crippen LogP contribution is 2.49. The van der Waals surface area contributed by atoms with Crippen molar-refractivity contribution in [1.29, 1.82) is 0 Å². The maximum absolute atomic E-state index is 12.8. The lowest BCUT2D eigenvalue weighted by atomic mass is 9.79. The first-order valence-corrected chi connectivity index (χ1v) is 17.4. The van der Waals surface area contributed by atoms with Gasteiger partial charge in [-0.05, 0) is 85.6 Å². The van der Waals surface area contributed by atoms with Gasteiger partial charge in [-0.15, -0.1) is 0 Å². The molecule has 2 aliphatic heterocycles. The number of benzene rings is 6. The standard InChI is InChI=1S/C24H22O4.C22H18O4/c1-15-13-17(9-11-21(15)26-3)24(18-10-12-22(27-4)16(2)14-18)20-8-6-5-7-19(20)23(25)28-24;1-24-17-11-7-15(8-12-17)22(16-9-13-18(25-2)14-10-16)20-6-4-3-5-19(20)21(23)26-22/h5-14H,1-4H3;3-14H,1-2H3. The minimum atomic E-state index is -1.01. The van der Waals surface area contributed by atoms with E-state index in [1.807, 2.05) is 141 Å². The molecule has 0 unspecified atom stereocenters. The molecule has 54 heavy (non-hydrogen) atoms. The smallest absolute Gasteiger partial charge is 0.340 e. The van der Waals surface area contributed by atoms with Crippen LogP contribution in [0.3, 0.4) is 0 Å². The van der Waals surface area contributed by atoms with Gasteiger partial charge in [-0.25, -0.2) is 9.59 Å². The number of rotatable bonds is 8. The molecular weight excluding hydrogens is 680 g/mol. The van der Waals surface area contributed by atoms with Crippen LogP contribution in [0.5, 0.6) is 23.0 Å². The Morgan fingerprint density at radius 3 is 1.13 bits per heavy atom. The Bertz CT molecular complexity index is 2240. The molecule has 8 heteroatoms. The van der Waals surface area contributed by atoms with Crippen LogP contribution in [0.15, 0.2) is 133 Å². The van der Waals surface area contributed by atoms with E-state index in [2.05, 4.69) is 0 Å². The first-order chi connectivity index (χ1) is 26.2. The number of ether oxygens (including phenoxy) is 6. The zero-order valence-corrected chi connectivity index (χ0v) is 31.0. The van der Waals surface area contributed by atoms with Crippen LogP contribution in [0.2, 0.25) is 0 Å². The van der Waals surface area contributed by atoms with E-state index in [9.17, 15) is 9.59 Å². The minimum absolute atomic E-state index is 0.322. The molecule has 6 aromatic carbocycles. The molecule has 0 aromatic heterocycles. The SMILES string of the molecule is COc1ccc(C2(c3ccc(OC)c(C)c3)OC(=O)c3ccccc32)cc1C.COc1ccc(C2(c3ccc(OC)cc3)OC(=O)c3ccccc32)cc1. The number of hydrogen-bond acceptors (Lipinski definition) is 8. The Morgan fingerprint density at radius 1 is 0.426 bits per heavy atom. The monoisotopic (exact) mass is 720 g/mol. The lowest BCUT2D eigenvalue weighted by Gasteiger charge is -2.31. The molecule has 0 amide bonds. The molecule has 0 fully saturated rings. The summed E-state index contributed by atoms with van der Waals surface area (Å²) < 4.78 is 33.5. The molecule has 272 valence electrons. The topological polar surface area (TPSA) is 89.5 Å². The number of hydrogen-bond donors (Lipinski definition) is 0. The summed E-state index contributed by atoms with van der Waals surface area (Å²) in [6.07, 6.45) is 0. The van der Waals surface area contributed by atoms with Gasteiger partial charge in [-0.3, -0.25) is 0 Å². The van der Waals surface area contributed by atoms with Crippen LogP contribution in [0.4, 0.5) is 0 Å². The van der Waals surface area contributed by atoms with Crippen LogP contribution in [0, 0.1) is 13.8 Å². The lowest BCUT2D eigenvalue weighted by Crippen LogP contribution is -2.29. The predicted octanol–water partition coefficient (Wildman–Crippen LogP) is 8.95. The van der Waals surface area contributed by atoms with E-state index < -0.39 is 11.2 Å². The van der Waals surface area contributed by atoms with Gasteiger partial charge < -0.3 is 28.4 Å². The van der Waals surface area contributed by atoms with Gasteiger partial charge in [0.1, 0.15) is 23.0 Å². The molecule has 2 aliphatic rings. The fourth-order valence-electron chi connectivity index (χ4n) is 7.47. The average molecular weight is 721 g/mol. The highest BCUT2D eigenvalue weighted by atomic mass is 16.6. The first-order valence-electron chi connectivity index (χ1n) is 17.4. The van der Waals surface area contributed by atoms with Crippen molar-refractivity contribution < 1.29 is 38.0 Å². The van der Waals surface area contributed by atoms with Gasteiger partial charge in [0, 0.05) is 33.4 Å². The van der Waals surface area contributed by atoms with Gasteiger partial charge in [-0.1, -0.05) is 72.8 Å². The number of cyclic esters (lactones) is 2. The summed E-state index contributed by atoms with van der Waals surface area (Å²) in [6, 6.07) is 42.0. The molecular formula is C46H40O8. The number of carbonyl (C=O) groups excluding carboxylic acids is 2. The van der Waals surface area contributed by atoms with Crippen molar-refractivity contribution in [3.63, 3.8) is 0 Å². The van der Waals surface area contributed by atoms with Crippen LogP contribution in [-0.4, -0.2) is 40.4 Å². The number of carbonyl (C=O) groups is 2. The average Bonchev–Trinajstić information content (AvgIpc) is 3.70. The molecule has 0 aliphatic carbocycles. The lowest BCUT2D eigenvalue weighted by molar-refractivity contribution is 0.0242. The van der Waals surface area contributed by atoms with Gasteiger partial charge >= 0.3 is 11.9 Å². The Balaban J connectivity index is 0.000000167. The van der Waals surface area contributed by atoms with Gasteiger partial charge in [0.05, 0.1) is 39.6 Å². The number of fused-ring (bicyclic) bond motifs is 2. The first kappa shape index (κ1) is 35.8. The van der Waals surface area contributed by atoms with E-state index in [-0.39, 0.29) is 11.9 Å². The summed E-state index contributed by atoms with van der Waals surface area (Å²) in [4.78, 5) is 25.4. The molecule has 8 nitrogen and oxygen atoms in total. The second-order valence-electron chi connectivity index (χ2n) is 13.1. The Morgan fingerprint density at radius 2 is 0.778 bits per heavy atom. The second kappa shape index (κ2) is 14.5. The number of methoxy groups -OCH3 is 4. The van der Waals surface area contributed by atoms with E-state index >= 15 is 0 Å². The predicted molar refractivity (Wildman–Crippen MR) is 205 cm³/mol. The van der Waals surface area contributed by atoms with E-state index in [0.717, 1.165) is 67.5 Å². The van der Waals surface area contributed by atoms with Crippen molar-refractivity contribution >= 4 is 11.9 Å². The third kappa shape index (κ3) is 5.90. The Labute approximate surface area is 314 Å². The molecule has 8 rings (SSSR count). The number of aryl methyl sites for hydroxylation is 2. The molecule has 0 N–H and O–H groups in total. The quantitative estimate of drug-likeness (QED) is 0.144. The van der Waals surface area contributed by atoms with Crippen LogP contribution in [0.25, 0.3) is 0 Å².